The van der Waals surface area contributed by atoms with Crippen molar-refractivity contribution in [3.05, 3.63) is 52.5 Å². The lowest BCUT2D eigenvalue weighted by Crippen LogP contribution is -2.37. The van der Waals surface area contributed by atoms with E-state index >= 15 is 0 Å². The molecule has 1 saturated heterocycles. The molecule has 1 amide bonds. The zero-order chi connectivity index (χ0) is 21.5. The highest BCUT2D eigenvalue weighted by molar-refractivity contribution is 6.31. The number of nitrogens with zero attached hydrogens (tertiary/aromatic N) is 1. The molecule has 0 saturated carbocycles. The number of amides is 1. The van der Waals surface area contributed by atoms with Crippen LogP contribution in [0.15, 0.2) is 41.4 Å². The van der Waals surface area contributed by atoms with Gasteiger partial charge in [0.1, 0.15) is 0 Å². The maximum absolute atomic E-state index is 12.9. The Morgan fingerprint density at radius 3 is 2.73 bits per heavy atom. The summed E-state index contributed by atoms with van der Waals surface area (Å²) in [7, 11) is 3.07. The van der Waals surface area contributed by atoms with Gasteiger partial charge in [0.05, 0.1) is 26.9 Å². The van der Waals surface area contributed by atoms with Crippen molar-refractivity contribution >= 4 is 29.2 Å². The summed E-state index contributed by atoms with van der Waals surface area (Å²) in [6, 6.07) is 10.5. The Hall–Kier alpha value is -2.77. The predicted molar refractivity (Wildman–Crippen MR) is 118 cm³/mol. The zero-order valence-electron chi connectivity index (χ0n) is 17.3. The summed E-state index contributed by atoms with van der Waals surface area (Å²) in [5.41, 5.74) is 2.05. The van der Waals surface area contributed by atoms with Crippen molar-refractivity contribution < 1.29 is 19.0 Å². The molecule has 30 heavy (non-hydrogen) atoms. The van der Waals surface area contributed by atoms with E-state index in [0.717, 1.165) is 30.7 Å². The molecular formula is C22H26ClN3O4. The second-order valence-corrected chi connectivity index (χ2v) is 7.29. The van der Waals surface area contributed by atoms with Gasteiger partial charge in [0, 0.05) is 22.9 Å². The van der Waals surface area contributed by atoms with Gasteiger partial charge >= 0.3 is 0 Å². The summed E-state index contributed by atoms with van der Waals surface area (Å²) in [5.74, 6) is 1.03. The van der Waals surface area contributed by atoms with Gasteiger partial charge in [0.25, 0.3) is 5.91 Å². The monoisotopic (exact) mass is 431 g/mol. The molecule has 1 fully saturated rings. The number of hydrogen-bond acceptors (Lipinski definition) is 5. The van der Waals surface area contributed by atoms with E-state index in [1.807, 2.05) is 25.1 Å². The normalized spacial score (nSPS) is 16.3. The lowest BCUT2D eigenvalue weighted by molar-refractivity contribution is 0.0975. The lowest BCUT2D eigenvalue weighted by Gasteiger charge is -2.16. The first kappa shape index (κ1) is 21.9. The van der Waals surface area contributed by atoms with Crippen molar-refractivity contribution in [1.29, 1.82) is 0 Å². The van der Waals surface area contributed by atoms with Gasteiger partial charge in [0.2, 0.25) is 5.96 Å². The predicted octanol–water partition coefficient (Wildman–Crippen LogP) is 4.04. The minimum Gasteiger partial charge on any atom is -0.493 e. The van der Waals surface area contributed by atoms with Gasteiger partial charge < -0.3 is 19.5 Å². The van der Waals surface area contributed by atoms with Gasteiger partial charge in [-0.25, -0.2) is 4.99 Å². The molecule has 7 nitrogen and oxygen atoms in total. The van der Waals surface area contributed by atoms with Crippen LogP contribution < -0.4 is 20.1 Å². The number of carbonyl (C=O) groups excluding carboxylic acids is 1. The van der Waals surface area contributed by atoms with Crippen LogP contribution in [0.3, 0.4) is 0 Å². The van der Waals surface area contributed by atoms with E-state index in [1.54, 1.807) is 25.3 Å². The van der Waals surface area contributed by atoms with Crippen LogP contribution in [-0.2, 0) is 4.74 Å². The molecule has 1 heterocycles. The number of carbonyl (C=O) groups is 1. The van der Waals surface area contributed by atoms with Crippen LogP contribution in [0.1, 0.15) is 28.8 Å². The summed E-state index contributed by atoms with van der Waals surface area (Å²) in [6.07, 6.45) is 2.03. The molecule has 1 aliphatic rings. The fraction of sp³-hybridized carbons (Fsp3) is 0.364. The molecule has 8 heteroatoms. The minimum absolute atomic E-state index is 0.0558. The van der Waals surface area contributed by atoms with E-state index in [-0.39, 0.29) is 12.0 Å². The molecule has 2 aromatic rings. The third kappa shape index (κ3) is 5.43. The van der Waals surface area contributed by atoms with Crippen LogP contribution in [-0.4, -0.2) is 45.3 Å². The van der Waals surface area contributed by atoms with Crippen molar-refractivity contribution in [3.8, 4) is 11.5 Å². The lowest BCUT2D eigenvalue weighted by atomic mass is 10.2. The van der Waals surface area contributed by atoms with E-state index in [9.17, 15) is 4.79 Å². The molecular weight excluding hydrogens is 406 g/mol. The van der Waals surface area contributed by atoms with Crippen molar-refractivity contribution in [2.45, 2.75) is 25.9 Å². The number of guanidine groups is 1. The molecule has 0 bridgehead atoms. The fourth-order valence-corrected chi connectivity index (χ4v) is 3.29. The van der Waals surface area contributed by atoms with E-state index < -0.39 is 0 Å². The Kier molecular flexibility index (Phi) is 7.54. The second kappa shape index (κ2) is 10.3. The number of ether oxygens (including phenoxy) is 3. The third-order valence-electron chi connectivity index (χ3n) is 4.88. The number of methoxy groups -OCH3 is 2. The number of rotatable bonds is 6. The molecule has 160 valence electrons. The van der Waals surface area contributed by atoms with Gasteiger partial charge in [0.15, 0.2) is 11.5 Å². The topological polar surface area (TPSA) is 81.2 Å². The van der Waals surface area contributed by atoms with Crippen molar-refractivity contribution in [1.82, 2.24) is 5.32 Å². The number of anilines is 1. The number of nitrogens with one attached hydrogen (secondary N) is 2. The Bertz CT molecular complexity index is 927. The maximum Gasteiger partial charge on any atom is 0.258 e. The number of benzene rings is 2. The van der Waals surface area contributed by atoms with Crippen molar-refractivity contribution in [3.63, 3.8) is 0 Å². The molecule has 0 spiro atoms. The first-order chi connectivity index (χ1) is 14.5. The average Bonchev–Trinajstić information content (AvgIpc) is 3.28. The van der Waals surface area contributed by atoms with Crippen LogP contribution in [0.25, 0.3) is 0 Å². The Morgan fingerprint density at radius 1 is 1.23 bits per heavy atom. The SMILES string of the molecule is COc1ccc(C(=O)NC(=NC[C@@H]2CCCO2)Nc2cccc(Cl)c2C)cc1OC. The zero-order valence-corrected chi connectivity index (χ0v) is 18.1. The molecule has 0 aromatic heterocycles. The minimum atomic E-state index is -0.325. The van der Waals surface area contributed by atoms with Gasteiger partial charge in [-0.3, -0.25) is 10.1 Å². The highest BCUT2D eigenvalue weighted by atomic mass is 35.5. The van der Waals surface area contributed by atoms with Gasteiger partial charge in [-0.15, -0.1) is 0 Å². The third-order valence-corrected chi connectivity index (χ3v) is 5.28. The molecule has 2 N–H and O–H groups in total. The van der Waals surface area contributed by atoms with Crippen molar-refractivity contribution in [2.24, 2.45) is 4.99 Å². The van der Waals surface area contributed by atoms with E-state index in [2.05, 4.69) is 15.6 Å². The largest absolute Gasteiger partial charge is 0.493 e. The second-order valence-electron chi connectivity index (χ2n) is 6.89. The first-order valence-electron chi connectivity index (χ1n) is 9.73. The molecule has 0 unspecified atom stereocenters. The molecule has 1 atom stereocenters. The summed E-state index contributed by atoms with van der Waals surface area (Å²) in [6.45, 7) is 3.10. The van der Waals surface area contributed by atoms with Crippen LogP contribution in [0.5, 0.6) is 11.5 Å². The Balaban J connectivity index is 1.81. The standard InChI is InChI=1S/C22H26ClN3O4/c1-14-17(23)7-4-8-18(14)25-22(24-13-16-6-5-11-30-16)26-21(27)15-9-10-19(28-2)20(12-15)29-3/h4,7-10,12,16H,5-6,11,13H2,1-3H3,(H2,24,25,26,27)/t16-/m0/s1. The van der Waals surface area contributed by atoms with Gasteiger partial charge in [-0.05, 0) is 55.7 Å². The highest BCUT2D eigenvalue weighted by Crippen LogP contribution is 2.27. The molecule has 0 aliphatic carbocycles. The fourth-order valence-electron chi connectivity index (χ4n) is 3.12. The smallest absolute Gasteiger partial charge is 0.258 e. The average molecular weight is 432 g/mol. The Labute approximate surface area is 181 Å². The van der Waals surface area contributed by atoms with Crippen LogP contribution >= 0.6 is 11.6 Å². The first-order valence-corrected chi connectivity index (χ1v) is 10.1. The molecule has 1 aliphatic heterocycles. The Morgan fingerprint density at radius 2 is 2.03 bits per heavy atom. The summed E-state index contributed by atoms with van der Waals surface area (Å²) in [5, 5.41) is 6.66. The van der Waals surface area contributed by atoms with Crippen LogP contribution in [0.4, 0.5) is 5.69 Å². The van der Waals surface area contributed by atoms with Crippen LogP contribution in [0.2, 0.25) is 5.02 Å². The van der Waals surface area contributed by atoms with Crippen LogP contribution in [0, 0.1) is 6.92 Å². The van der Waals surface area contributed by atoms with Gasteiger partial charge in [-0.2, -0.15) is 0 Å². The molecule has 0 radical (unpaired) electrons. The number of halogens is 1. The number of aliphatic imine (C=N–C) groups is 1. The maximum atomic E-state index is 12.9. The summed E-state index contributed by atoms with van der Waals surface area (Å²) < 4.78 is 16.2. The molecule has 2 aromatic carbocycles. The van der Waals surface area contributed by atoms with Crippen molar-refractivity contribution in [2.75, 3.05) is 32.7 Å². The van der Waals surface area contributed by atoms with Gasteiger partial charge in [-0.1, -0.05) is 17.7 Å². The molecule has 3 rings (SSSR count). The van der Waals surface area contributed by atoms with E-state index in [1.165, 1.54) is 7.11 Å². The number of hydrogen-bond donors (Lipinski definition) is 2. The van der Waals surface area contributed by atoms with E-state index in [0.29, 0.717) is 34.6 Å². The summed E-state index contributed by atoms with van der Waals surface area (Å²) >= 11 is 6.23. The quantitative estimate of drug-likeness (QED) is 0.533. The highest BCUT2D eigenvalue weighted by Gasteiger charge is 2.17. The van der Waals surface area contributed by atoms with E-state index in [4.69, 9.17) is 25.8 Å². The summed E-state index contributed by atoms with van der Waals surface area (Å²) in [4.78, 5) is 17.4.